The van der Waals surface area contributed by atoms with Crippen molar-refractivity contribution in [3.8, 4) is 0 Å². The summed E-state index contributed by atoms with van der Waals surface area (Å²) in [7, 11) is 0. The zero-order chi connectivity index (χ0) is 56.4. The largest absolute Gasteiger partial charge is 0.466 e. The van der Waals surface area contributed by atoms with E-state index in [1.165, 1.54) is 315 Å². The maximum absolute atomic E-state index is 12.5. The van der Waals surface area contributed by atoms with Crippen LogP contribution in [0.2, 0.25) is 0 Å². The Hall–Kier alpha value is -1.92. The van der Waals surface area contributed by atoms with Gasteiger partial charge in [0, 0.05) is 12.8 Å². The standard InChI is InChI=1S/C72H137NO5/c1-3-5-7-9-11-13-15-17-19-20-21-27-30-33-37-40-44-48-52-56-60-64-70(75)69(68-74)73-71(76)65-61-57-53-49-45-41-38-34-31-28-25-23-22-24-26-29-32-35-39-43-47-51-55-59-63-67-78-72(77)66-62-58-54-50-46-42-36-18-16-14-12-10-8-6-4-2/h18,23,25,36,60,64,69-70,74-75H,3-17,19-22,24,26-35,37-59,61-63,65-68H2,1-2H3,(H,73,76)/b25-23-,36-18-,64-60+. The molecule has 6 nitrogen and oxygen atoms in total. The molecule has 78 heavy (non-hydrogen) atoms. The van der Waals surface area contributed by atoms with Crippen molar-refractivity contribution in [3.63, 3.8) is 0 Å². The number of unbranched alkanes of at least 4 members (excludes halogenated alkanes) is 51. The van der Waals surface area contributed by atoms with E-state index in [1.807, 2.05) is 6.08 Å². The van der Waals surface area contributed by atoms with E-state index in [0.29, 0.717) is 19.4 Å². The number of nitrogens with one attached hydrogen (secondary N) is 1. The lowest BCUT2D eigenvalue weighted by Crippen LogP contribution is -2.45. The number of esters is 1. The topological polar surface area (TPSA) is 95.9 Å². The monoisotopic (exact) mass is 1100 g/mol. The van der Waals surface area contributed by atoms with Gasteiger partial charge in [-0.2, -0.15) is 0 Å². The lowest BCUT2D eigenvalue weighted by Gasteiger charge is -2.20. The molecule has 0 saturated carbocycles. The van der Waals surface area contributed by atoms with Gasteiger partial charge in [-0.1, -0.05) is 326 Å². The van der Waals surface area contributed by atoms with Crippen molar-refractivity contribution in [1.29, 1.82) is 0 Å². The Morgan fingerprint density at radius 1 is 0.346 bits per heavy atom. The summed E-state index contributed by atoms with van der Waals surface area (Å²) in [5, 5.41) is 23.2. The van der Waals surface area contributed by atoms with Gasteiger partial charge in [-0.3, -0.25) is 9.59 Å². The number of carbonyl (C=O) groups excluding carboxylic acids is 2. The number of ether oxygens (including phenoxy) is 1. The average molecular weight is 1100 g/mol. The third-order valence-corrected chi connectivity index (χ3v) is 16.4. The molecule has 0 heterocycles. The summed E-state index contributed by atoms with van der Waals surface area (Å²) in [6.07, 6.45) is 86.4. The van der Waals surface area contributed by atoms with Crippen LogP contribution in [0, 0.1) is 0 Å². The highest BCUT2D eigenvalue weighted by atomic mass is 16.5. The third-order valence-electron chi connectivity index (χ3n) is 16.4. The molecule has 2 unspecified atom stereocenters. The van der Waals surface area contributed by atoms with Crippen molar-refractivity contribution < 1.29 is 24.5 Å². The van der Waals surface area contributed by atoms with Crippen LogP contribution in [0.25, 0.3) is 0 Å². The Labute approximate surface area is 487 Å². The molecule has 0 bridgehead atoms. The molecule has 6 heteroatoms. The van der Waals surface area contributed by atoms with Crippen LogP contribution < -0.4 is 5.32 Å². The van der Waals surface area contributed by atoms with Crippen LogP contribution in [-0.2, 0) is 14.3 Å². The summed E-state index contributed by atoms with van der Waals surface area (Å²) in [4.78, 5) is 24.6. The van der Waals surface area contributed by atoms with E-state index in [4.69, 9.17) is 4.74 Å². The molecule has 460 valence electrons. The Bertz CT molecular complexity index is 1260. The number of hydrogen-bond acceptors (Lipinski definition) is 5. The van der Waals surface area contributed by atoms with Gasteiger partial charge in [0.25, 0.3) is 0 Å². The molecule has 0 radical (unpaired) electrons. The molecule has 0 aliphatic heterocycles. The van der Waals surface area contributed by atoms with Gasteiger partial charge in [-0.05, 0) is 83.5 Å². The number of aliphatic hydroxyl groups excluding tert-OH is 2. The van der Waals surface area contributed by atoms with Crippen LogP contribution in [0.3, 0.4) is 0 Å². The van der Waals surface area contributed by atoms with E-state index < -0.39 is 12.1 Å². The zero-order valence-corrected chi connectivity index (χ0v) is 52.7. The van der Waals surface area contributed by atoms with Crippen molar-refractivity contribution in [2.45, 2.75) is 398 Å². The number of carbonyl (C=O) groups is 2. The maximum atomic E-state index is 12.5. The van der Waals surface area contributed by atoms with Crippen LogP contribution in [0.15, 0.2) is 36.5 Å². The number of aliphatic hydroxyl groups is 2. The van der Waals surface area contributed by atoms with Gasteiger partial charge in [0.15, 0.2) is 0 Å². The normalized spacial score (nSPS) is 12.7. The third kappa shape index (κ3) is 63.3. The van der Waals surface area contributed by atoms with Gasteiger partial charge in [0.2, 0.25) is 5.91 Å². The summed E-state index contributed by atoms with van der Waals surface area (Å²) in [6.45, 7) is 4.93. The Balaban J connectivity index is 3.42. The van der Waals surface area contributed by atoms with Gasteiger partial charge in [0.1, 0.15) is 0 Å². The molecular formula is C72H137NO5. The highest BCUT2D eigenvalue weighted by Crippen LogP contribution is 2.18. The van der Waals surface area contributed by atoms with E-state index in [1.54, 1.807) is 6.08 Å². The van der Waals surface area contributed by atoms with Crippen LogP contribution in [0.4, 0.5) is 0 Å². The predicted molar refractivity (Wildman–Crippen MR) is 343 cm³/mol. The quantitative estimate of drug-likeness (QED) is 0.0320. The van der Waals surface area contributed by atoms with Crippen LogP contribution in [0.5, 0.6) is 0 Å². The lowest BCUT2D eigenvalue weighted by atomic mass is 10.0. The predicted octanol–water partition coefficient (Wildman–Crippen LogP) is 22.7. The van der Waals surface area contributed by atoms with E-state index in [-0.39, 0.29) is 18.5 Å². The van der Waals surface area contributed by atoms with Crippen molar-refractivity contribution in [2.24, 2.45) is 0 Å². The SMILES string of the molecule is CCCCCCCC/C=C\CCCCCCCC(=O)OCCCCCCCCCCCCCC/C=C\CCCCCCCCCCCC(=O)NC(CO)C(O)/C=C/CCCCCCCCCCCCCCCCCCCCC. The summed E-state index contributed by atoms with van der Waals surface area (Å²) < 4.78 is 5.49. The molecule has 3 N–H and O–H groups in total. The smallest absolute Gasteiger partial charge is 0.305 e. The van der Waals surface area contributed by atoms with E-state index in [0.717, 1.165) is 44.9 Å². The van der Waals surface area contributed by atoms with Gasteiger partial charge >= 0.3 is 5.97 Å². The van der Waals surface area contributed by atoms with Crippen molar-refractivity contribution in [3.05, 3.63) is 36.5 Å². The number of allylic oxidation sites excluding steroid dienone is 5. The number of hydrogen-bond donors (Lipinski definition) is 3. The maximum Gasteiger partial charge on any atom is 0.305 e. The Morgan fingerprint density at radius 2 is 0.603 bits per heavy atom. The number of amides is 1. The zero-order valence-electron chi connectivity index (χ0n) is 52.7. The summed E-state index contributed by atoms with van der Waals surface area (Å²) in [5.74, 6) is -0.0621. The minimum absolute atomic E-state index is 0.00556. The molecule has 0 aromatic rings. The van der Waals surface area contributed by atoms with E-state index in [2.05, 4.69) is 43.5 Å². The first-order chi connectivity index (χ1) is 38.5. The van der Waals surface area contributed by atoms with Crippen molar-refractivity contribution in [2.75, 3.05) is 13.2 Å². The minimum atomic E-state index is -0.848. The van der Waals surface area contributed by atoms with Gasteiger partial charge < -0.3 is 20.3 Å². The molecular weight excluding hydrogens is 959 g/mol. The fraction of sp³-hybridized carbons (Fsp3) is 0.889. The Morgan fingerprint density at radius 3 is 0.910 bits per heavy atom. The van der Waals surface area contributed by atoms with Crippen LogP contribution in [0.1, 0.15) is 386 Å². The summed E-state index contributed by atoms with van der Waals surface area (Å²) in [5.41, 5.74) is 0. The fourth-order valence-electron chi connectivity index (χ4n) is 11.0. The molecule has 0 spiro atoms. The van der Waals surface area contributed by atoms with Gasteiger partial charge in [-0.15, -0.1) is 0 Å². The summed E-state index contributed by atoms with van der Waals surface area (Å²) >= 11 is 0. The minimum Gasteiger partial charge on any atom is -0.466 e. The van der Waals surface area contributed by atoms with Crippen molar-refractivity contribution in [1.82, 2.24) is 5.32 Å². The first-order valence-corrected chi connectivity index (χ1v) is 35.3. The highest BCUT2D eigenvalue weighted by Gasteiger charge is 2.18. The van der Waals surface area contributed by atoms with Gasteiger partial charge in [-0.25, -0.2) is 0 Å². The van der Waals surface area contributed by atoms with Gasteiger partial charge in [0.05, 0.1) is 25.4 Å². The van der Waals surface area contributed by atoms with Crippen LogP contribution >= 0.6 is 0 Å². The highest BCUT2D eigenvalue weighted by molar-refractivity contribution is 5.76. The molecule has 0 aromatic carbocycles. The van der Waals surface area contributed by atoms with E-state index in [9.17, 15) is 19.8 Å². The Kier molecular flexibility index (Phi) is 65.9. The first-order valence-electron chi connectivity index (χ1n) is 35.3. The van der Waals surface area contributed by atoms with Crippen LogP contribution in [-0.4, -0.2) is 47.4 Å². The average Bonchev–Trinajstić information content (AvgIpc) is 3.44. The molecule has 2 atom stereocenters. The molecule has 0 aliphatic carbocycles. The molecule has 0 fully saturated rings. The molecule has 0 rings (SSSR count). The second kappa shape index (κ2) is 67.6. The molecule has 1 amide bonds. The summed E-state index contributed by atoms with van der Waals surface area (Å²) in [6, 6.07) is -0.632. The molecule has 0 aromatic heterocycles. The lowest BCUT2D eigenvalue weighted by molar-refractivity contribution is -0.143. The molecule has 0 aliphatic rings. The number of rotatable bonds is 66. The van der Waals surface area contributed by atoms with Crippen molar-refractivity contribution >= 4 is 11.9 Å². The second-order valence-electron chi connectivity index (χ2n) is 24.2. The molecule has 0 saturated heterocycles. The first kappa shape index (κ1) is 76.1. The fourth-order valence-corrected chi connectivity index (χ4v) is 11.0. The second-order valence-corrected chi connectivity index (χ2v) is 24.2. The van der Waals surface area contributed by atoms with E-state index >= 15 is 0 Å².